The van der Waals surface area contributed by atoms with Gasteiger partial charge < -0.3 is 4.90 Å². The second kappa shape index (κ2) is 6.01. The fraction of sp³-hybridized carbons (Fsp3) is 0.222. The molecule has 3 heterocycles. The Hall–Kier alpha value is -2.40. The van der Waals surface area contributed by atoms with Crippen molar-refractivity contribution in [1.82, 2.24) is 14.5 Å². The van der Waals surface area contributed by atoms with E-state index in [2.05, 4.69) is 40.7 Å². The average Bonchev–Trinajstić information content (AvgIpc) is 3.25. The van der Waals surface area contributed by atoms with E-state index in [9.17, 15) is 4.79 Å². The highest BCUT2D eigenvalue weighted by Crippen LogP contribution is 2.35. The summed E-state index contributed by atoms with van der Waals surface area (Å²) in [7, 11) is 0. The molecule has 0 aliphatic carbocycles. The van der Waals surface area contributed by atoms with Gasteiger partial charge in [-0.3, -0.25) is 4.57 Å². The van der Waals surface area contributed by atoms with Gasteiger partial charge in [0.1, 0.15) is 6.33 Å². The normalized spacial score (nSPS) is 17.6. The van der Waals surface area contributed by atoms with Crippen LogP contribution < -0.4 is 0 Å². The van der Waals surface area contributed by atoms with Crippen molar-refractivity contribution in [2.24, 2.45) is 0 Å². The Morgan fingerprint density at radius 3 is 2.87 bits per heavy atom. The fourth-order valence-corrected chi connectivity index (χ4v) is 4.24. The Balaban J connectivity index is 1.69. The summed E-state index contributed by atoms with van der Waals surface area (Å²) in [6.45, 7) is 1.44. The Morgan fingerprint density at radius 2 is 2.09 bits per heavy atom. The number of hydrogen-bond acceptors (Lipinski definition) is 3. The monoisotopic (exact) mass is 323 g/mol. The second-order valence-electron chi connectivity index (χ2n) is 5.72. The Bertz CT molecular complexity index is 795. The predicted molar refractivity (Wildman–Crippen MR) is 90.9 cm³/mol. The third-order valence-corrected chi connectivity index (χ3v) is 5.42. The Kier molecular flexibility index (Phi) is 3.71. The van der Waals surface area contributed by atoms with Crippen molar-refractivity contribution in [2.45, 2.75) is 12.3 Å². The van der Waals surface area contributed by atoms with E-state index in [-0.39, 0.29) is 11.9 Å². The molecule has 1 aromatic carbocycles. The molecule has 1 amide bonds. The van der Waals surface area contributed by atoms with Crippen LogP contribution in [0.5, 0.6) is 0 Å². The van der Waals surface area contributed by atoms with E-state index < -0.39 is 0 Å². The van der Waals surface area contributed by atoms with Crippen LogP contribution in [0.25, 0.3) is 0 Å². The Labute approximate surface area is 139 Å². The minimum Gasteiger partial charge on any atom is -0.323 e. The van der Waals surface area contributed by atoms with Gasteiger partial charge in [-0.25, -0.2) is 9.78 Å². The number of fused-ring (bicyclic) bond motifs is 1. The van der Waals surface area contributed by atoms with Crippen molar-refractivity contribution in [3.8, 4) is 0 Å². The molecule has 0 saturated carbocycles. The SMILES string of the molecule is O=C(N1CCc2ccsc2C(c2ccccc2)C1)n1ccnc1. The summed E-state index contributed by atoms with van der Waals surface area (Å²) < 4.78 is 1.56. The lowest BCUT2D eigenvalue weighted by Crippen LogP contribution is -2.37. The number of nitrogens with zero attached hydrogens (tertiary/aromatic N) is 3. The first kappa shape index (κ1) is 14.2. The van der Waals surface area contributed by atoms with Gasteiger partial charge in [-0.05, 0) is 29.0 Å². The molecular weight excluding hydrogens is 306 g/mol. The van der Waals surface area contributed by atoms with Crippen molar-refractivity contribution in [3.63, 3.8) is 0 Å². The van der Waals surface area contributed by atoms with Crippen molar-refractivity contribution in [3.05, 3.63) is 76.5 Å². The quantitative estimate of drug-likeness (QED) is 0.686. The van der Waals surface area contributed by atoms with E-state index in [1.807, 2.05) is 11.0 Å². The van der Waals surface area contributed by atoms with Gasteiger partial charge in [0.05, 0.1) is 0 Å². The summed E-state index contributed by atoms with van der Waals surface area (Å²) >= 11 is 1.80. The fourth-order valence-electron chi connectivity index (χ4n) is 3.16. The number of carbonyl (C=O) groups is 1. The van der Waals surface area contributed by atoms with E-state index in [0.717, 1.165) is 13.0 Å². The van der Waals surface area contributed by atoms with E-state index in [1.54, 1.807) is 34.6 Å². The number of carbonyl (C=O) groups excluding carboxylic acids is 1. The summed E-state index contributed by atoms with van der Waals surface area (Å²) in [6.07, 6.45) is 5.82. The van der Waals surface area contributed by atoms with Gasteiger partial charge in [0.15, 0.2) is 0 Å². The van der Waals surface area contributed by atoms with Crippen LogP contribution in [0.2, 0.25) is 0 Å². The van der Waals surface area contributed by atoms with Crippen LogP contribution in [-0.2, 0) is 6.42 Å². The molecule has 4 rings (SSSR count). The van der Waals surface area contributed by atoms with Gasteiger partial charge in [-0.2, -0.15) is 0 Å². The minimum absolute atomic E-state index is 0.00131. The zero-order chi connectivity index (χ0) is 15.6. The standard InChI is InChI=1S/C18H17N3OS/c22-18(21-10-8-19-13-21)20-9-6-15-7-11-23-17(15)16(12-20)14-4-2-1-3-5-14/h1-5,7-8,10-11,13,16H,6,9,12H2. The predicted octanol–water partition coefficient (Wildman–Crippen LogP) is 3.60. The summed E-state index contributed by atoms with van der Waals surface area (Å²) in [5.41, 5.74) is 2.63. The molecule has 1 unspecified atom stereocenters. The summed E-state index contributed by atoms with van der Waals surface area (Å²) in [6, 6.07) is 12.7. The van der Waals surface area contributed by atoms with Crippen molar-refractivity contribution in [1.29, 1.82) is 0 Å². The number of aromatic nitrogens is 2. The van der Waals surface area contributed by atoms with E-state index in [4.69, 9.17) is 0 Å². The van der Waals surface area contributed by atoms with Gasteiger partial charge in [0, 0.05) is 36.3 Å². The van der Waals surface area contributed by atoms with E-state index in [1.165, 1.54) is 16.0 Å². The molecule has 23 heavy (non-hydrogen) atoms. The molecule has 0 radical (unpaired) electrons. The van der Waals surface area contributed by atoms with Crippen molar-refractivity contribution < 1.29 is 4.79 Å². The highest BCUT2D eigenvalue weighted by Gasteiger charge is 2.28. The van der Waals surface area contributed by atoms with Crippen LogP contribution in [0.3, 0.4) is 0 Å². The van der Waals surface area contributed by atoms with Crippen LogP contribution in [0.15, 0.2) is 60.5 Å². The number of hydrogen-bond donors (Lipinski definition) is 0. The van der Waals surface area contributed by atoms with E-state index in [0.29, 0.717) is 6.54 Å². The first-order chi connectivity index (χ1) is 11.3. The zero-order valence-corrected chi connectivity index (χ0v) is 13.4. The van der Waals surface area contributed by atoms with Gasteiger partial charge in [-0.15, -0.1) is 11.3 Å². The Morgan fingerprint density at radius 1 is 1.22 bits per heavy atom. The van der Waals surface area contributed by atoms with Gasteiger partial charge >= 0.3 is 6.03 Å². The lowest BCUT2D eigenvalue weighted by molar-refractivity contribution is 0.200. The second-order valence-corrected chi connectivity index (χ2v) is 6.67. The molecular formula is C18H17N3OS. The molecule has 0 spiro atoms. The molecule has 0 saturated heterocycles. The largest absolute Gasteiger partial charge is 0.329 e. The smallest absolute Gasteiger partial charge is 0.323 e. The van der Waals surface area contributed by atoms with Crippen LogP contribution in [0, 0.1) is 0 Å². The van der Waals surface area contributed by atoms with Crippen molar-refractivity contribution in [2.75, 3.05) is 13.1 Å². The van der Waals surface area contributed by atoms with Crippen LogP contribution in [0.4, 0.5) is 4.79 Å². The van der Waals surface area contributed by atoms with Crippen LogP contribution >= 0.6 is 11.3 Å². The molecule has 2 aromatic heterocycles. The molecule has 4 nitrogen and oxygen atoms in total. The highest BCUT2D eigenvalue weighted by molar-refractivity contribution is 7.10. The first-order valence-electron chi connectivity index (χ1n) is 7.71. The molecule has 1 aliphatic rings. The number of rotatable bonds is 1. The maximum absolute atomic E-state index is 12.7. The maximum atomic E-state index is 12.7. The van der Waals surface area contributed by atoms with E-state index >= 15 is 0 Å². The van der Waals surface area contributed by atoms with Crippen LogP contribution in [-0.4, -0.2) is 33.6 Å². The lowest BCUT2D eigenvalue weighted by atomic mass is 9.95. The minimum atomic E-state index is -0.00131. The third kappa shape index (κ3) is 2.68. The number of imidazole rings is 1. The van der Waals surface area contributed by atoms with Crippen LogP contribution in [0.1, 0.15) is 21.9 Å². The number of benzene rings is 1. The summed E-state index contributed by atoms with van der Waals surface area (Å²) in [5, 5.41) is 2.16. The topological polar surface area (TPSA) is 38.1 Å². The summed E-state index contributed by atoms with van der Waals surface area (Å²) in [4.78, 5) is 20.0. The molecule has 1 aliphatic heterocycles. The summed E-state index contributed by atoms with van der Waals surface area (Å²) in [5.74, 6) is 0.237. The first-order valence-corrected chi connectivity index (χ1v) is 8.59. The van der Waals surface area contributed by atoms with Crippen molar-refractivity contribution >= 4 is 17.4 Å². The molecule has 0 fully saturated rings. The molecule has 116 valence electrons. The molecule has 5 heteroatoms. The molecule has 0 bridgehead atoms. The van der Waals surface area contributed by atoms with Gasteiger partial charge in [0.2, 0.25) is 0 Å². The third-order valence-electron chi connectivity index (χ3n) is 4.35. The maximum Gasteiger partial charge on any atom is 0.329 e. The average molecular weight is 323 g/mol. The zero-order valence-electron chi connectivity index (χ0n) is 12.6. The molecule has 1 atom stereocenters. The molecule has 0 N–H and O–H groups in total. The lowest BCUT2D eigenvalue weighted by Gasteiger charge is -2.25. The highest BCUT2D eigenvalue weighted by atomic mass is 32.1. The molecule has 3 aromatic rings. The number of amides is 1. The number of thiophene rings is 1. The van der Waals surface area contributed by atoms with Gasteiger partial charge in [0.25, 0.3) is 0 Å². The van der Waals surface area contributed by atoms with Gasteiger partial charge in [-0.1, -0.05) is 30.3 Å².